The van der Waals surface area contributed by atoms with E-state index in [-0.39, 0.29) is 18.3 Å². The van der Waals surface area contributed by atoms with E-state index >= 15 is 0 Å². The van der Waals surface area contributed by atoms with Crippen LogP contribution in [-0.2, 0) is 9.31 Å². The summed E-state index contributed by atoms with van der Waals surface area (Å²) in [5, 5.41) is 0. The van der Waals surface area contributed by atoms with Gasteiger partial charge in [0.15, 0.2) is 0 Å². The minimum absolute atomic E-state index is 0.300. The lowest BCUT2D eigenvalue weighted by Gasteiger charge is -2.32. The molecule has 4 heteroatoms. The molecule has 0 spiro atoms. The quantitative estimate of drug-likeness (QED) is 0.714. The molecule has 0 unspecified atom stereocenters. The molecule has 1 saturated heterocycles. The van der Waals surface area contributed by atoms with Crippen LogP contribution in [0.5, 0.6) is 0 Å². The Morgan fingerprint density at radius 1 is 0.792 bits per heavy atom. The standard InChI is InChI=1S/C20H25BO2S/c1-19(2)20(3,4)23-21(22-19)14-11-12-18-16(13-14)15-9-7-8-10-17(15)24(18,5)6/h7-13H,1-6H3. The highest BCUT2D eigenvalue weighted by atomic mass is 32.3. The summed E-state index contributed by atoms with van der Waals surface area (Å²) in [5.74, 6) is 0. The first kappa shape index (κ1) is 16.3. The predicted molar refractivity (Wildman–Crippen MR) is 104 cm³/mol. The summed E-state index contributed by atoms with van der Waals surface area (Å²) in [6.45, 7) is 8.40. The van der Waals surface area contributed by atoms with Gasteiger partial charge in [-0.25, -0.2) is 0 Å². The monoisotopic (exact) mass is 340 g/mol. The van der Waals surface area contributed by atoms with E-state index in [9.17, 15) is 0 Å². The van der Waals surface area contributed by atoms with Crippen molar-refractivity contribution >= 4 is 22.6 Å². The number of rotatable bonds is 1. The average Bonchev–Trinajstić information content (AvgIpc) is 2.88. The molecule has 0 atom stereocenters. The number of hydrogen-bond donors (Lipinski definition) is 0. The molecule has 2 aliphatic rings. The summed E-state index contributed by atoms with van der Waals surface area (Å²) in [7, 11) is -1.23. The molecule has 1 fully saturated rings. The summed E-state index contributed by atoms with van der Waals surface area (Å²) < 4.78 is 12.5. The second kappa shape index (κ2) is 4.90. The van der Waals surface area contributed by atoms with Gasteiger partial charge in [0.2, 0.25) is 0 Å². The maximum Gasteiger partial charge on any atom is 0.494 e. The molecule has 2 nitrogen and oxygen atoms in total. The van der Waals surface area contributed by atoms with Gasteiger partial charge < -0.3 is 9.31 Å². The Morgan fingerprint density at radius 3 is 2.04 bits per heavy atom. The van der Waals surface area contributed by atoms with E-state index in [4.69, 9.17) is 9.31 Å². The molecule has 0 saturated carbocycles. The Labute approximate surface area is 147 Å². The lowest BCUT2D eigenvalue weighted by atomic mass is 9.78. The Kier molecular flexibility index (Phi) is 3.32. The Hall–Kier alpha value is -1.23. The highest BCUT2D eigenvalue weighted by Crippen LogP contribution is 2.66. The second-order valence-corrected chi connectivity index (χ2v) is 11.7. The Bertz CT molecular complexity index is 810. The van der Waals surface area contributed by atoms with Crippen LogP contribution in [-0.4, -0.2) is 30.8 Å². The third-order valence-electron chi connectivity index (χ3n) is 5.81. The molecule has 0 bridgehead atoms. The lowest BCUT2D eigenvalue weighted by molar-refractivity contribution is 0.00578. The van der Waals surface area contributed by atoms with Crippen LogP contribution in [0, 0.1) is 0 Å². The van der Waals surface area contributed by atoms with Crippen molar-refractivity contribution in [3.05, 3.63) is 42.5 Å². The van der Waals surface area contributed by atoms with Gasteiger partial charge in [0.05, 0.1) is 11.2 Å². The van der Waals surface area contributed by atoms with Crippen LogP contribution in [0.1, 0.15) is 27.7 Å². The van der Waals surface area contributed by atoms with Crippen LogP contribution < -0.4 is 5.46 Å². The molecule has 0 aliphatic carbocycles. The second-order valence-electron chi connectivity index (χ2n) is 8.17. The molecular weight excluding hydrogens is 315 g/mol. The molecule has 2 aliphatic heterocycles. The van der Waals surface area contributed by atoms with Gasteiger partial charge in [0, 0.05) is 9.79 Å². The highest BCUT2D eigenvalue weighted by molar-refractivity contribution is 8.33. The first-order chi connectivity index (χ1) is 11.1. The smallest absolute Gasteiger partial charge is 0.399 e. The van der Waals surface area contributed by atoms with Crippen molar-refractivity contribution in [2.75, 3.05) is 12.5 Å². The van der Waals surface area contributed by atoms with Crippen molar-refractivity contribution < 1.29 is 9.31 Å². The zero-order valence-electron chi connectivity index (χ0n) is 15.3. The van der Waals surface area contributed by atoms with E-state index in [1.165, 1.54) is 20.9 Å². The molecule has 2 heterocycles. The Morgan fingerprint density at radius 2 is 1.38 bits per heavy atom. The van der Waals surface area contributed by atoms with Gasteiger partial charge in [0.1, 0.15) is 0 Å². The lowest BCUT2D eigenvalue weighted by Crippen LogP contribution is -2.41. The number of benzene rings is 2. The van der Waals surface area contributed by atoms with Crippen molar-refractivity contribution in [3.8, 4) is 11.1 Å². The molecule has 4 rings (SSSR count). The van der Waals surface area contributed by atoms with Crippen LogP contribution >= 0.6 is 10.0 Å². The molecule has 0 radical (unpaired) electrons. The van der Waals surface area contributed by atoms with Crippen LogP contribution in [0.2, 0.25) is 0 Å². The topological polar surface area (TPSA) is 18.5 Å². The fraction of sp³-hybridized carbons (Fsp3) is 0.400. The third kappa shape index (κ3) is 2.13. The SMILES string of the molecule is CC1(C)OB(c2ccc3c(c2)-c2ccccc2S3(C)C)OC1(C)C. The van der Waals surface area contributed by atoms with E-state index in [0.29, 0.717) is 0 Å². The summed E-state index contributed by atoms with van der Waals surface area (Å²) in [5.41, 5.74) is 3.21. The van der Waals surface area contributed by atoms with Gasteiger partial charge in [-0.1, -0.05) is 30.3 Å². The molecule has 24 heavy (non-hydrogen) atoms. The summed E-state index contributed by atoms with van der Waals surface area (Å²) in [4.78, 5) is 2.94. The summed E-state index contributed by atoms with van der Waals surface area (Å²) >= 11 is 0. The van der Waals surface area contributed by atoms with Gasteiger partial charge in [0.25, 0.3) is 0 Å². The van der Waals surface area contributed by atoms with Crippen molar-refractivity contribution in [2.45, 2.75) is 48.7 Å². The molecule has 2 aromatic rings. The van der Waals surface area contributed by atoms with E-state index in [2.05, 4.69) is 82.7 Å². The van der Waals surface area contributed by atoms with E-state index in [1.54, 1.807) is 0 Å². The molecule has 2 aromatic carbocycles. The van der Waals surface area contributed by atoms with Gasteiger partial charge in [-0.15, -0.1) is 0 Å². The van der Waals surface area contributed by atoms with E-state index in [0.717, 1.165) is 5.46 Å². The molecule has 0 aromatic heterocycles. The molecule has 0 amide bonds. The van der Waals surface area contributed by atoms with Gasteiger partial charge in [-0.2, -0.15) is 10.0 Å². The zero-order chi connectivity index (χ0) is 17.3. The summed E-state index contributed by atoms with van der Waals surface area (Å²) in [6.07, 6.45) is 4.76. The third-order valence-corrected chi connectivity index (χ3v) is 8.72. The average molecular weight is 340 g/mol. The predicted octanol–water partition coefficient (Wildman–Crippen LogP) is 4.45. The number of fused-ring (bicyclic) bond motifs is 3. The maximum absolute atomic E-state index is 6.23. The van der Waals surface area contributed by atoms with Crippen molar-refractivity contribution in [1.82, 2.24) is 0 Å². The van der Waals surface area contributed by atoms with Crippen LogP contribution in [0.25, 0.3) is 11.1 Å². The van der Waals surface area contributed by atoms with Crippen LogP contribution in [0.3, 0.4) is 0 Å². The van der Waals surface area contributed by atoms with Crippen molar-refractivity contribution in [2.24, 2.45) is 0 Å². The van der Waals surface area contributed by atoms with Gasteiger partial charge >= 0.3 is 7.12 Å². The molecular formula is C20H25BO2S. The maximum atomic E-state index is 6.23. The van der Waals surface area contributed by atoms with Gasteiger partial charge in [-0.05, 0) is 68.9 Å². The Balaban J connectivity index is 1.80. The fourth-order valence-corrected chi connectivity index (χ4v) is 6.09. The van der Waals surface area contributed by atoms with Crippen LogP contribution in [0.4, 0.5) is 0 Å². The normalized spacial score (nSPS) is 23.7. The van der Waals surface area contributed by atoms with E-state index in [1.807, 2.05) is 0 Å². The highest BCUT2D eigenvalue weighted by Gasteiger charge is 2.52. The van der Waals surface area contributed by atoms with Crippen molar-refractivity contribution in [3.63, 3.8) is 0 Å². The number of hydrogen-bond acceptors (Lipinski definition) is 2. The molecule has 0 N–H and O–H groups in total. The first-order valence-electron chi connectivity index (χ1n) is 8.46. The van der Waals surface area contributed by atoms with Crippen molar-refractivity contribution in [1.29, 1.82) is 0 Å². The fourth-order valence-electron chi connectivity index (χ4n) is 3.58. The first-order valence-corrected chi connectivity index (χ1v) is 10.9. The van der Waals surface area contributed by atoms with E-state index < -0.39 is 10.0 Å². The zero-order valence-corrected chi connectivity index (χ0v) is 16.2. The minimum atomic E-state index is -0.933. The van der Waals surface area contributed by atoms with Crippen LogP contribution in [0.15, 0.2) is 52.3 Å². The minimum Gasteiger partial charge on any atom is -0.399 e. The summed E-state index contributed by atoms with van der Waals surface area (Å²) in [6, 6.07) is 15.5. The molecule has 126 valence electrons. The largest absolute Gasteiger partial charge is 0.494 e. The van der Waals surface area contributed by atoms with Gasteiger partial charge in [-0.3, -0.25) is 0 Å².